The summed E-state index contributed by atoms with van der Waals surface area (Å²) in [6.45, 7) is 3.67. The molecule has 0 fully saturated rings. The van der Waals surface area contributed by atoms with Crippen molar-refractivity contribution in [1.82, 2.24) is 0 Å². The number of para-hydroxylation sites is 1. The van der Waals surface area contributed by atoms with Crippen LogP contribution in [-0.2, 0) is 9.84 Å². The van der Waals surface area contributed by atoms with E-state index < -0.39 is 26.0 Å². The highest BCUT2D eigenvalue weighted by atomic mass is 32.2. The van der Waals surface area contributed by atoms with E-state index in [0.29, 0.717) is 6.42 Å². The molecule has 0 saturated carbocycles. The van der Waals surface area contributed by atoms with Gasteiger partial charge in [-0.05, 0) is 25.5 Å². The Kier molecular flexibility index (Phi) is 4.72. The highest BCUT2D eigenvalue weighted by molar-refractivity contribution is 7.90. The molecule has 1 unspecified atom stereocenters. The van der Waals surface area contributed by atoms with Gasteiger partial charge in [0.2, 0.25) is 0 Å². The van der Waals surface area contributed by atoms with Crippen molar-refractivity contribution in [3.63, 3.8) is 0 Å². The summed E-state index contributed by atoms with van der Waals surface area (Å²) in [5.41, 5.74) is 4.70. The van der Waals surface area contributed by atoms with Crippen LogP contribution in [0, 0.1) is 10.1 Å². The van der Waals surface area contributed by atoms with Gasteiger partial charge in [-0.1, -0.05) is 13.0 Å². The Morgan fingerprint density at radius 2 is 2.05 bits per heavy atom. The van der Waals surface area contributed by atoms with Crippen LogP contribution in [0.5, 0.6) is 5.75 Å². The van der Waals surface area contributed by atoms with Crippen LogP contribution in [0.3, 0.4) is 0 Å². The van der Waals surface area contributed by atoms with Crippen molar-refractivity contribution in [2.24, 2.45) is 5.73 Å². The van der Waals surface area contributed by atoms with Gasteiger partial charge < -0.3 is 10.5 Å². The normalized spacial score (nSPS) is 14.6. The van der Waals surface area contributed by atoms with Gasteiger partial charge in [-0.25, -0.2) is 8.42 Å². The molecule has 2 N–H and O–H groups in total. The summed E-state index contributed by atoms with van der Waals surface area (Å²) in [5, 5.41) is 11.1. The number of sulfone groups is 1. The predicted molar refractivity (Wildman–Crippen MR) is 74.6 cm³/mol. The smallest absolute Gasteiger partial charge is 0.329 e. The highest BCUT2D eigenvalue weighted by Gasteiger charge is 2.28. The number of hydrogen-bond acceptors (Lipinski definition) is 6. The number of nitro benzene ring substituents is 1. The lowest BCUT2D eigenvalue weighted by Gasteiger charge is -2.22. The molecule has 1 aromatic rings. The zero-order valence-electron chi connectivity index (χ0n) is 11.6. The number of ether oxygens (including phenoxy) is 1. The Hall–Kier alpha value is -1.67. The van der Waals surface area contributed by atoms with Crippen LogP contribution in [0.1, 0.15) is 20.3 Å². The zero-order valence-corrected chi connectivity index (χ0v) is 12.4. The number of hydrogen-bond donors (Lipinski definition) is 1. The Labute approximate surface area is 117 Å². The summed E-state index contributed by atoms with van der Waals surface area (Å²) in [5.74, 6) is -0.0944. The van der Waals surface area contributed by atoms with Gasteiger partial charge in [-0.2, -0.15) is 0 Å². The van der Waals surface area contributed by atoms with E-state index in [9.17, 15) is 18.5 Å². The van der Waals surface area contributed by atoms with Crippen LogP contribution in [0.15, 0.2) is 23.1 Å². The number of rotatable bonds is 6. The van der Waals surface area contributed by atoms with E-state index in [1.165, 1.54) is 18.2 Å². The maximum atomic E-state index is 11.6. The molecule has 0 aliphatic rings. The molecule has 1 atom stereocenters. The molecule has 0 heterocycles. The second kappa shape index (κ2) is 5.76. The van der Waals surface area contributed by atoms with Crippen molar-refractivity contribution in [3.8, 4) is 5.75 Å². The van der Waals surface area contributed by atoms with Crippen LogP contribution in [-0.4, -0.2) is 31.7 Å². The zero-order chi connectivity index (χ0) is 15.6. The molecule has 20 heavy (non-hydrogen) atoms. The fourth-order valence-corrected chi connectivity index (χ4v) is 2.29. The summed E-state index contributed by atoms with van der Waals surface area (Å²) < 4.78 is 28.5. The molecule has 1 aromatic carbocycles. The van der Waals surface area contributed by atoms with Crippen LogP contribution < -0.4 is 10.5 Å². The monoisotopic (exact) mass is 302 g/mol. The Bertz CT molecular complexity index is 610. The van der Waals surface area contributed by atoms with Crippen molar-refractivity contribution in [2.45, 2.75) is 30.7 Å². The molecule has 0 radical (unpaired) electrons. The average molecular weight is 302 g/mol. The molecule has 0 aromatic heterocycles. The fraction of sp³-hybridized carbons (Fsp3) is 0.500. The summed E-state index contributed by atoms with van der Waals surface area (Å²) in [6, 6.07) is 3.94. The van der Waals surface area contributed by atoms with E-state index in [0.717, 1.165) is 6.26 Å². The number of nitrogens with two attached hydrogens (primary N) is 1. The first kappa shape index (κ1) is 16.4. The molecular formula is C12H18N2O5S. The van der Waals surface area contributed by atoms with Gasteiger partial charge in [0.05, 0.1) is 4.92 Å². The topological polar surface area (TPSA) is 113 Å². The molecule has 0 saturated heterocycles. The molecule has 8 heteroatoms. The summed E-state index contributed by atoms with van der Waals surface area (Å²) in [4.78, 5) is 9.99. The SMILES string of the molecule is CCC(C)(N)COc1cccc(S(C)(=O)=O)c1[N+](=O)[O-]. The lowest BCUT2D eigenvalue weighted by Crippen LogP contribution is -2.41. The first-order valence-corrected chi connectivity index (χ1v) is 7.87. The summed E-state index contributed by atoms with van der Waals surface area (Å²) in [7, 11) is -3.71. The molecule has 1 rings (SSSR count). The van der Waals surface area contributed by atoms with E-state index in [2.05, 4.69) is 0 Å². The fourth-order valence-electron chi connectivity index (χ4n) is 1.44. The minimum atomic E-state index is -3.71. The highest BCUT2D eigenvalue weighted by Crippen LogP contribution is 2.34. The van der Waals surface area contributed by atoms with E-state index in [-0.39, 0.29) is 17.3 Å². The van der Waals surface area contributed by atoms with Crippen LogP contribution in [0.2, 0.25) is 0 Å². The van der Waals surface area contributed by atoms with Crippen molar-refractivity contribution < 1.29 is 18.1 Å². The van der Waals surface area contributed by atoms with Crippen LogP contribution in [0.4, 0.5) is 5.69 Å². The predicted octanol–water partition coefficient (Wildman–Crippen LogP) is 1.50. The third-order valence-electron chi connectivity index (χ3n) is 2.91. The molecule has 0 amide bonds. The Morgan fingerprint density at radius 1 is 1.45 bits per heavy atom. The summed E-state index contributed by atoms with van der Waals surface area (Å²) >= 11 is 0. The number of benzene rings is 1. The quantitative estimate of drug-likeness (QED) is 0.629. The van der Waals surface area contributed by atoms with Gasteiger partial charge in [0, 0.05) is 11.8 Å². The first-order valence-electron chi connectivity index (χ1n) is 5.97. The lowest BCUT2D eigenvalue weighted by molar-refractivity contribution is -0.388. The van der Waals surface area contributed by atoms with Gasteiger partial charge in [0.15, 0.2) is 15.6 Å². The van der Waals surface area contributed by atoms with E-state index in [1.54, 1.807) is 6.92 Å². The van der Waals surface area contributed by atoms with Crippen molar-refractivity contribution in [3.05, 3.63) is 28.3 Å². The maximum Gasteiger partial charge on any atom is 0.329 e. The first-order chi connectivity index (χ1) is 9.08. The second-order valence-corrected chi connectivity index (χ2v) is 6.91. The number of nitrogens with zero attached hydrogens (tertiary/aromatic N) is 1. The average Bonchev–Trinajstić information content (AvgIpc) is 2.34. The van der Waals surface area contributed by atoms with Gasteiger partial charge in [0.25, 0.3) is 0 Å². The molecular weight excluding hydrogens is 284 g/mol. The van der Waals surface area contributed by atoms with Gasteiger partial charge in [-0.3, -0.25) is 10.1 Å². The van der Waals surface area contributed by atoms with Crippen molar-refractivity contribution in [2.75, 3.05) is 12.9 Å². The van der Waals surface area contributed by atoms with Gasteiger partial charge >= 0.3 is 5.69 Å². The molecule has 0 spiro atoms. The molecule has 0 aliphatic heterocycles. The Balaban J connectivity index is 3.25. The molecule has 0 aliphatic carbocycles. The van der Waals surface area contributed by atoms with Crippen molar-refractivity contribution >= 4 is 15.5 Å². The number of nitro groups is 1. The third-order valence-corrected chi connectivity index (χ3v) is 4.04. The minimum Gasteiger partial charge on any atom is -0.485 e. The lowest BCUT2D eigenvalue weighted by atomic mass is 10.0. The van der Waals surface area contributed by atoms with Gasteiger partial charge in [-0.15, -0.1) is 0 Å². The second-order valence-electron chi connectivity index (χ2n) is 4.93. The largest absolute Gasteiger partial charge is 0.485 e. The molecule has 0 bridgehead atoms. The maximum absolute atomic E-state index is 11.6. The van der Waals surface area contributed by atoms with E-state index in [4.69, 9.17) is 10.5 Å². The molecule has 112 valence electrons. The third kappa shape index (κ3) is 3.91. The standard InChI is InChI=1S/C12H18N2O5S/c1-4-12(2,13)8-19-9-6-5-7-10(20(3,17)18)11(9)14(15)16/h5-7H,4,8,13H2,1-3H3. The van der Waals surface area contributed by atoms with E-state index >= 15 is 0 Å². The van der Waals surface area contributed by atoms with Crippen LogP contribution >= 0.6 is 0 Å². The minimum absolute atomic E-state index is 0.0531. The van der Waals surface area contributed by atoms with Crippen molar-refractivity contribution in [1.29, 1.82) is 0 Å². The van der Waals surface area contributed by atoms with Crippen LogP contribution in [0.25, 0.3) is 0 Å². The van der Waals surface area contributed by atoms with E-state index in [1.807, 2.05) is 6.92 Å². The van der Waals surface area contributed by atoms with Gasteiger partial charge in [0.1, 0.15) is 11.5 Å². The Morgan fingerprint density at radius 3 is 2.50 bits per heavy atom. The summed E-state index contributed by atoms with van der Waals surface area (Å²) in [6.07, 6.45) is 1.53. The molecule has 7 nitrogen and oxygen atoms in total.